The highest BCUT2D eigenvalue weighted by atomic mass is 19.1. The molecule has 0 amide bonds. The predicted octanol–water partition coefficient (Wildman–Crippen LogP) is 2.79. The van der Waals surface area contributed by atoms with Crippen LogP contribution in [0, 0.1) is 5.82 Å². The van der Waals surface area contributed by atoms with Gasteiger partial charge in [-0.3, -0.25) is 4.98 Å². The molecule has 0 aliphatic carbocycles. The largest absolute Gasteiger partial charge is 0.488 e. The van der Waals surface area contributed by atoms with Crippen molar-refractivity contribution in [1.29, 1.82) is 0 Å². The number of rotatable bonds is 4. The van der Waals surface area contributed by atoms with E-state index in [1.807, 2.05) is 13.0 Å². The summed E-state index contributed by atoms with van der Waals surface area (Å²) in [5.74, 6) is -0.172. The van der Waals surface area contributed by atoms with Crippen molar-refractivity contribution in [2.24, 2.45) is 0 Å². The van der Waals surface area contributed by atoms with Crippen molar-refractivity contribution in [2.75, 3.05) is 13.7 Å². The van der Waals surface area contributed by atoms with E-state index in [2.05, 4.69) is 4.98 Å². The Morgan fingerprint density at radius 3 is 3.00 bits per heavy atom. The summed E-state index contributed by atoms with van der Waals surface area (Å²) < 4.78 is 24.1. The third-order valence-electron chi connectivity index (χ3n) is 2.53. The summed E-state index contributed by atoms with van der Waals surface area (Å²) in [6, 6.07) is 6.62. The molecule has 0 saturated heterocycles. The molecule has 4 heteroatoms. The molecule has 0 bridgehead atoms. The minimum Gasteiger partial charge on any atom is -0.488 e. The number of benzene rings is 1. The lowest BCUT2D eigenvalue weighted by Crippen LogP contribution is -2.16. The maximum atomic E-state index is 13.7. The number of aromatic nitrogens is 1. The molecular weight excluding hydrogens is 221 g/mol. The topological polar surface area (TPSA) is 31.4 Å². The van der Waals surface area contributed by atoms with E-state index in [0.29, 0.717) is 12.1 Å². The number of fused-ring (bicyclic) bond motifs is 1. The number of ether oxygens (including phenoxy) is 2. The summed E-state index contributed by atoms with van der Waals surface area (Å²) in [4.78, 5) is 4.15. The molecule has 1 heterocycles. The van der Waals surface area contributed by atoms with E-state index in [-0.39, 0.29) is 17.7 Å². The maximum absolute atomic E-state index is 13.7. The van der Waals surface area contributed by atoms with Gasteiger partial charge in [-0.15, -0.1) is 0 Å². The molecule has 2 rings (SSSR count). The van der Waals surface area contributed by atoms with Gasteiger partial charge in [0.1, 0.15) is 6.61 Å². The first kappa shape index (κ1) is 11.8. The fraction of sp³-hybridized carbons (Fsp3) is 0.308. The number of hydrogen-bond acceptors (Lipinski definition) is 3. The zero-order valence-corrected chi connectivity index (χ0v) is 9.81. The van der Waals surface area contributed by atoms with Gasteiger partial charge < -0.3 is 9.47 Å². The molecule has 0 aliphatic heterocycles. The Morgan fingerprint density at radius 1 is 1.41 bits per heavy atom. The van der Waals surface area contributed by atoms with Crippen LogP contribution in [0.15, 0.2) is 30.5 Å². The molecule has 0 unspecified atom stereocenters. The molecule has 0 radical (unpaired) electrons. The second kappa shape index (κ2) is 5.10. The summed E-state index contributed by atoms with van der Waals surface area (Å²) >= 11 is 0. The minimum atomic E-state index is -0.381. The van der Waals surface area contributed by atoms with Crippen molar-refractivity contribution in [3.8, 4) is 5.75 Å². The fourth-order valence-electron chi connectivity index (χ4n) is 1.46. The summed E-state index contributed by atoms with van der Waals surface area (Å²) in [7, 11) is 1.59. The molecule has 17 heavy (non-hydrogen) atoms. The van der Waals surface area contributed by atoms with Crippen molar-refractivity contribution in [2.45, 2.75) is 13.0 Å². The Morgan fingerprint density at radius 2 is 2.24 bits per heavy atom. The van der Waals surface area contributed by atoms with E-state index in [1.54, 1.807) is 25.4 Å². The van der Waals surface area contributed by atoms with Crippen LogP contribution < -0.4 is 4.74 Å². The first-order chi connectivity index (χ1) is 8.20. The lowest BCUT2D eigenvalue weighted by molar-refractivity contribution is 0.0702. The molecule has 3 nitrogen and oxygen atoms in total. The molecule has 1 aromatic carbocycles. The second-order valence-electron chi connectivity index (χ2n) is 3.84. The zero-order valence-electron chi connectivity index (χ0n) is 9.81. The molecule has 0 aliphatic rings. The van der Waals surface area contributed by atoms with Gasteiger partial charge in [0.15, 0.2) is 11.6 Å². The third-order valence-corrected chi connectivity index (χ3v) is 2.53. The van der Waals surface area contributed by atoms with Crippen LogP contribution >= 0.6 is 0 Å². The first-order valence-corrected chi connectivity index (χ1v) is 5.40. The molecule has 2 aromatic rings. The van der Waals surface area contributed by atoms with Gasteiger partial charge in [-0.2, -0.15) is 0 Å². The molecule has 0 N–H and O–H groups in total. The van der Waals surface area contributed by atoms with E-state index >= 15 is 0 Å². The average molecular weight is 235 g/mol. The van der Waals surface area contributed by atoms with Gasteiger partial charge in [-0.25, -0.2) is 4.39 Å². The van der Waals surface area contributed by atoms with Gasteiger partial charge >= 0.3 is 0 Å². The summed E-state index contributed by atoms with van der Waals surface area (Å²) in [5, 5.41) is 0.761. The summed E-state index contributed by atoms with van der Waals surface area (Å²) in [6.07, 6.45) is 1.59. The Kier molecular flexibility index (Phi) is 3.54. The third kappa shape index (κ3) is 2.71. The Balaban J connectivity index is 2.25. The highest BCUT2D eigenvalue weighted by molar-refractivity contribution is 5.79. The van der Waals surface area contributed by atoms with Crippen LogP contribution in [0.5, 0.6) is 5.75 Å². The first-order valence-electron chi connectivity index (χ1n) is 5.40. The SMILES string of the molecule is CO[C@H](C)COc1cc2ncccc2cc1F. The van der Waals surface area contributed by atoms with E-state index < -0.39 is 0 Å². The number of halogens is 1. The lowest BCUT2D eigenvalue weighted by atomic mass is 10.2. The molecule has 1 aromatic heterocycles. The van der Waals surface area contributed by atoms with Crippen LogP contribution in [-0.4, -0.2) is 24.8 Å². The highest BCUT2D eigenvalue weighted by Gasteiger charge is 2.08. The van der Waals surface area contributed by atoms with Gasteiger partial charge in [0.05, 0.1) is 11.6 Å². The van der Waals surface area contributed by atoms with E-state index in [1.165, 1.54) is 6.07 Å². The van der Waals surface area contributed by atoms with Crippen LogP contribution in [0.1, 0.15) is 6.92 Å². The van der Waals surface area contributed by atoms with Crippen molar-refractivity contribution in [1.82, 2.24) is 4.98 Å². The molecule has 0 saturated carbocycles. The number of nitrogens with zero attached hydrogens (tertiary/aromatic N) is 1. The number of methoxy groups -OCH3 is 1. The Bertz CT molecular complexity index is 516. The molecule has 90 valence electrons. The summed E-state index contributed by atoms with van der Waals surface area (Å²) in [6.45, 7) is 2.17. The normalized spacial score (nSPS) is 12.6. The average Bonchev–Trinajstić information content (AvgIpc) is 2.35. The summed E-state index contributed by atoms with van der Waals surface area (Å²) in [5.41, 5.74) is 0.717. The van der Waals surface area contributed by atoms with Gasteiger partial charge in [-0.05, 0) is 19.1 Å². The number of pyridine rings is 1. The van der Waals surface area contributed by atoms with E-state index in [4.69, 9.17) is 9.47 Å². The second-order valence-corrected chi connectivity index (χ2v) is 3.84. The Labute approximate surface area is 99.2 Å². The van der Waals surface area contributed by atoms with Gasteiger partial charge in [0.25, 0.3) is 0 Å². The van der Waals surface area contributed by atoms with Gasteiger partial charge in [-0.1, -0.05) is 6.07 Å². The van der Waals surface area contributed by atoms with Crippen LogP contribution in [0.3, 0.4) is 0 Å². The van der Waals surface area contributed by atoms with Crippen molar-refractivity contribution in [3.63, 3.8) is 0 Å². The van der Waals surface area contributed by atoms with Crippen molar-refractivity contribution < 1.29 is 13.9 Å². The smallest absolute Gasteiger partial charge is 0.165 e. The van der Waals surface area contributed by atoms with Crippen LogP contribution in [0.2, 0.25) is 0 Å². The van der Waals surface area contributed by atoms with Crippen LogP contribution in [0.25, 0.3) is 10.9 Å². The molecule has 0 spiro atoms. The zero-order chi connectivity index (χ0) is 12.3. The fourth-order valence-corrected chi connectivity index (χ4v) is 1.46. The quantitative estimate of drug-likeness (QED) is 0.816. The predicted molar refractivity (Wildman–Crippen MR) is 63.7 cm³/mol. The van der Waals surface area contributed by atoms with Gasteiger partial charge in [0.2, 0.25) is 0 Å². The maximum Gasteiger partial charge on any atom is 0.165 e. The Hall–Kier alpha value is -1.68. The monoisotopic (exact) mass is 235 g/mol. The van der Waals surface area contributed by atoms with Crippen molar-refractivity contribution in [3.05, 3.63) is 36.3 Å². The molecule has 0 fully saturated rings. The minimum absolute atomic E-state index is 0.0752. The van der Waals surface area contributed by atoms with Crippen LogP contribution in [-0.2, 0) is 4.74 Å². The van der Waals surface area contributed by atoms with Crippen molar-refractivity contribution >= 4 is 10.9 Å². The highest BCUT2D eigenvalue weighted by Crippen LogP contribution is 2.23. The molecule has 1 atom stereocenters. The standard InChI is InChI=1S/C13H14FNO2/c1-9(16-2)8-17-13-7-12-10(6-11(13)14)4-3-5-15-12/h3-7,9H,8H2,1-2H3/t9-/m1/s1. The van der Waals surface area contributed by atoms with Crippen LogP contribution in [0.4, 0.5) is 4.39 Å². The van der Waals surface area contributed by atoms with E-state index in [9.17, 15) is 4.39 Å². The number of hydrogen-bond donors (Lipinski definition) is 0. The lowest BCUT2D eigenvalue weighted by Gasteiger charge is -2.12. The van der Waals surface area contributed by atoms with Gasteiger partial charge in [0, 0.05) is 24.8 Å². The van der Waals surface area contributed by atoms with E-state index in [0.717, 1.165) is 5.39 Å². The molecular formula is C13H14FNO2.